The van der Waals surface area contributed by atoms with Gasteiger partial charge in [-0.15, -0.1) is 0 Å². The van der Waals surface area contributed by atoms with E-state index in [-0.39, 0.29) is 6.04 Å². The van der Waals surface area contributed by atoms with E-state index in [9.17, 15) is 8.42 Å². The Morgan fingerprint density at radius 1 is 1.40 bits per heavy atom. The normalized spacial score (nSPS) is 20.1. The Hall–Kier alpha value is -1.11. The molecule has 0 bridgehead atoms. The molecule has 20 heavy (non-hydrogen) atoms. The monoisotopic (exact) mass is 298 g/mol. The molecule has 0 amide bonds. The van der Waals surface area contributed by atoms with Crippen molar-refractivity contribution in [2.75, 3.05) is 44.0 Å². The van der Waals surface area contributed by atoms with Gasteiger partial charge in [0, 0.05) is 19.3 Å². The molecule has 1 unspecified atom stereocenters. The number of hydrogen-bond donors (Lipinski definition) is 1. The Morgan fingerprint density at radius 3 is 2.85 bits per heavy atom. The molecule has 2 rings (SSSR count). The highest BCUT2D eigenvalue weighted by Crippen LogP contribution is 2.27. The van der Waals surface area contributed by atoms with E-state index in [2.05, 4.69) is 17.1 Å². The number of anilines is 1. The highest BCUT2D eigenvalue weighted by Gasteiger charge is 2.26. The molecule has 1 N–H and O–H groups in total. The summed E-state index contributed by atoms with van der Waals surface area (Å²) >= 11 is 0. The molecule has 1 atom stereocenters. The van der Waals surface area contributed by atoms with Crippen molar-refractivity contribution in [3.63, 3.8) is 0 Å². The van der Waals surface area contributed by atoms with Crippen LogP contribution in [0.4, 0.5) is 5.69 Å². The number of sulfone groups is 1. The second-order valence-electron chi connectivity index (χ2n) is 4.97. The fourth-order valence-electron chi connectivity index (χ4n) is 2.46. The van der Waals surface area contributed by atoms with Crippen LogP contribution in [0.25, 0.3) is 0 Å². The third-order valence-corrected chi connectivity index (χ3v) is 4.58. The molecule has 0 aliphatic carbocycles. The molecule has 1 saturated heterocycles. The number of nitrogens with one attached hydrogen (secondary N) is 1. The lowest BCUT2D eigenvalue weighted by atomic mass is 10.2. The molecular weight excluding hydrogens is 276 g/mol. The number of morpholine rings is 1. The minimum atomic E-state index is -3.23. The topological polar surface area (TPSA) is 58.6 Å². The van der Waals surface area contributed by atoms with E-state index in [0.717, 1.165) is 18.8 Å². The van der Waals surface area contributed by atoms with Gasteiger partial charge in [-0.3, -0.25) is 0 Å². The lowest BCUT2D eigenvalue weighted by Gasteiger charge is -2.38. The molecule has 1 aliphatic rings. The molecule has 5 nitrogen and oxygen atoms in total. The lowest BCUT2D eigenvalue weighted by Crippen LogP contribution is -2.51. The molecule has 1 aromatic rings. The van der Waals surface area contributed by atoms with Gasteiger partial charge in [0.15, 0.2) is 9.84 Å². The lowest BCUT2D eigenvalue weighted by molar-refractivity contribution is 0.0936. The number of hydrogen-bond acceptors (Lipinski definition) is 5. The first-order valence-corrected chi connectivity index (χ1v) is 8.77. The highest BCUT2D eigenvalue weighted by atomic mass is 32.2. The van der Waals surface area contributed by atoms with E-state index in [0.29, 0.717) is 24.7 Å². The standard InChI is InChI=1S/C14H22N2O3S/c1-3-15-10-12-11-19-9-8-16(12)13-6-4-5-7-14(13)20(2,17)18/h4-7,12,15H,3,8-11H2,1-2H3. The largest absolute Gasteiger partial charge is 0.377 e. The van der Waals surface area contributed by atoms with Crippen molar-refractivity contribution in [3.05, 3.63) is 24.3 Å². The number of benzene rings is 1. The first kappa shape index (κ1) is 15.3. The van der Waals surface area contributed by atoms with Crippen LogP contribution in [-0.4, -0.2) is 53.6 Å². The van der Waals surface area contributed by atoms with Gasteiger partial charge in [0.25, 0.3) is 0 Å². The maximum absolute atomic E-state index is 11.9. The number of rotatable bonds is 5. The first-order chi connectivity index (χ1) is 9.54. The van der Waals surface area contributed by atoms with Crippen LogP contribution in [0.15, 0.2) is 29.2 Å². The van der Waals surface area contributed by atoms with E-state index in [1.54, 1.807) is 12.1 Å². The third kappa shape index (κ3) is 3.50. The van der Waals surface area contributed by atoms with Crippen molar-refractivity contribution in [2.24, 2.45) is 0 Å². The van der Waals surface area contributed by atoms with Crippen molar-refractivity contribution in [1.82, 2.24) is 5.32 Å². The fraction of sp³-hybridized carbons (Fsp3) is 0.571. The molecule has 0 radical (unpaired) electrons. The van der Waals surface area contributed by atoms with Gasteiger partial charge in [0.2, 0.25) is 0 Å². The number of nitrogens with zero attached hydrogens (tertiary/aromatic N) is 1. The van der Waals surface area contributed by atoms with Crippen molar-refractivity contribution in [2.45, 2.75) is 17.9 Å². The van der Waals surface area contributed by atoms with E-state index < -0.39 is 9.84 Å². The van der Waals surface area contributed by atoms with Gasteiger partial charge >= 0.3 is 0 Å². The van der Waals surface area contributed by atoms with Crippen molar-refractivity contribution < 1.29 is 13.2 Å². The van der Waals surface area contributed by atoms with Crippen LogP contribution in [0.1, 0.15) is 6.92 Å². The minimum absolute atomic E-state index is 0.159. The highest BCUT2D eigenvalue weighted by molar-refractivity contribution is 7.90. The van der Waals surface area contributed by atoms with Crippen LogP contribution >= 0.6 is 0 Å². The molecule has 112 valence electrons. The van der Waals surface area contributed by atoms with Crippen LogP contribution in [-0.2, 0) is 14.6 Å². The SMILES string of the molecule is CCNCC1COCCN1c1ccccc1S(C)(=O)=O. The summed E-state index contributed by atoms with van der Waals surface area (Å²) in [7, 11) is -3.23. The van der Waals surface area contributed by atoms with Crippen LogP contribution in [0.2, 0.25) is 0 Å². The molecule has 1 fully saturated rings. The van der Waals surface area contributed by atoms with E-state index in [1.807, 2.05) is 12.1 Å². The maximum atomic E-state index is 11.9. The molecule has 6 heteroatoms. The van der Waals surface area contributed by atoms with Crippen LogP contribution in [0.5, 0.6) is 0 Å². The fourth-order valence-corrected chi connectivity index (χ4v) is 3.35. The Morgan fingerprint density at radius 2 is 2.15 bits per heavy atom. The number of likely N-dealkylation sites (N-methyl/N-ethyl adjacent to an activating group) is 1. The number of para-hydroxylation sites is 1. The zero-order chi connectivity index (χ0) is 14.6. The van der Waals surface area contributed by atoms with Gasteiger partial charge in [0.1, 0.15) is 0 Å². The molecule has 0 saturated carbocycles. The summed E-state index contributed by atoms with van der Waals surface area (Å²) in [4.78, 5) is 2.53. The van der Waals surface area contributed by atoms with E-state index in [1.165, 1.54) is 6.26 Å². The Kier molecular flexibility index (Phi) is 5.01. The zero-order valence-corrected chi connectivity index (χ0v) is 12.8. The Labute approximate surface area is 120 Å². The van der Waals surface area contributed by atoms with E-state index >= 15 is 0 Å². The summed E-state index contributed by atoms with van der Waals surface area (Å²) in [6.45, 7) is 5.68. The zero-order valence-electron chi connectivity index (χ0n) is 12.0. The van der Waals surface area contributed by atoms with Gasteiger partial charge in [-0.1, -0.05) is 19.1 Å². The second kappa shape index (κ2) is 6.56. The Bertz CT molecular complexity index is 545. The molecule has 1 aromatic carbocycles. The molecule has 1 heterocycles. The van der Waals surface area contributed by atoms with Crippen molar-refractivity contribution in [1.29, 1.82) is 0 Å². The third-order valence-electron chi connectivity index (χ3n) is 3.43. The van der Waals surface area contributed by atoms with Crippen LogP contribution in [0, 0.1) is 0 Å². The molecule has 0 aromatic heterocycles. The summed E-state index contributed by atoms with van der Waals surface area (Å²) in [5.41, 5.74) is 0.779. The summed E-state index contributed by atoms with van der Waals surface area (Å²) in [5.74, 6) is 0. The number of ether oxygens (including phenoxy) is 1. The molecular formula is C14H22N2O3S. The van der Waals surface area contributed by atoms with Gasteiger partial charge in [0.05, 0.1) is 29.8 Å². The summed E-state index contributed by atoms with van der Waals surface area (Å²) in [6.07, 6.45) is 1.26. The quantitative estimate of drug-likeness (QED) is 0.875. The van der Waals surface area contributed by atoms with Gasteiger partial charge < -0.3 is 15.0 Å². The predicted molar refractivity (Wildman–Crippen MR) is 80.0 cm³/mol. The van der Waals surface area contributed by atoms with E-state index in [4.69, 9.17) is 4.74 Å². The Balaban J connectivity index is 2.33. The summed E-state index contributed by atoms with van der Waals surface area (Å²) in [6, 6.07) is 7.35. The predicted octanol–water partition coefficient (Wildman–Crippen LogP) is 0.905. The summed E-state index contributed by atoms with van der Waals surface area (Å²) < 4.78 is 29.4. The van der Waals surface area contributed by atoms with Crippen molar-refractivity contribution >= 4 is 15.5 Å². The van der Waals surface area contributed by atoms with Gasteiger partial charge in [-0.05, 0) is 18.7 Å². The molecule has 0 spiro atoms. The van der Waals surface area contributed by atoms with Gasteiger partial charge in [-0.2, -0.15) is 0 Å². The van der Waals surface area contributed by atoms with Crippen LogP contribution < -0.4 is 10.2 Å². The molecule has 1 aliphatic heterocycles. The maximum Gasteiger partial charge on any atom is 0.177 e. The minimum Gasteiger partial charge on any atom is -0.377 e. The smallest absolute Gasteiger partial charge is 0.177 e. The average Bonchev–Trinajstić information content (AvgIpc) is 2.44. The average molecular weight is 298 g/mol. The summed E-state index contributed by atoms with van der Waals surface area (Å²) in [5, 5.41) is 3.30. The van der Waals surface area contributed by atoms with Crippen molar-refractivity contribution in [3.8, 4) is 0 Å². The second-order valence-corrected chi connectivity index (χ2v) is 6.95. The first-order valence-electron chi connectivity index (χ1n) is 6.88. The van der Waals surface area contributed by atoms with Gasteiger partial charge in [-0.25, -0.2) is 8.42 Å². The van der Waals surface area contributed by atoms with Crippen LogP contribution in [0.3, 0.4) is 0 Å².